The monoisotopic (exact) mass is 439 g/mol. The van der Waals surface area contributed by atoms with Crippen LogP contribution in [0.15, 0.2) is 24.4 Å². The van der Waals surface area contributed by atoms with Crippen molar-refractivity contribution in [1.29, 1.82) is 0 Å². The van der Waals surface area contributed by atoms with Crippen molar-refractivity contribution in [3.8, 4) is 11.3 Å². The fraction of sp³-hybridized carbons (Fsp3) is 0.364. The van der Waals surface area contributed by atoms with E-state index in [-0.39, 0.29) is 16.6 Å². The van der Waals surface area contributed by atoms with Crippen LogP contribution in [0.1, 0.15) is 45.8 Å². The summed E-state index contributed by atoms with van der Waals surface area (Å²) >= 11 is 7.69. The van der Waals surface area contributed by atoms with E-state index in [9.17, 15) is 4.79 Å². The van der Waals surface area contributed by atoms with Crippen LogP contribution in [0.5, 0.6) is 0 Å². The van der Waals surface area contributed by atoms with E-state index in [1.54, 1.807) is 0 Å². The Morgan fingerprint density at radius 3 is 2.77 bits per heavy atom. The van der Waals surface area contributed by atoms with Crippen molar-refractivity contribution in [2.45, 2.75) is 39.0 Å². The van der Waals surface area contributed by atoms with E-state index in [2.05, 4.69) is 38.4 Å². The maximum Gasteiger partial charge on any atom is 0.277 e. The number of aryl methyl sites for hydroxylation is 3. The number of hydrogen-bond donors (Lipinski definition) is 1. The summed E-state index contributed by atoms with van der Waals surface area (Å²) < 4.78 is 0. The van der Waals surface area contributed by atoms with Gasteiger partial charge in [0, 0.05) is 23.5 Å². The number of anilines is 2. The molecule has 0 spiro atoms. The lowest BCUT2D eigenvalue weighted by Gasteiger charge is -2.15. The molecule has 1 aliphatic carbocycles. The third-order valence-corrected chi connectivity index (χ3v) is 6.89. The molecule has 2 aromatic heterocycles. The van der Waals surface area contributed by atoms with Crippen molar-refractivity contribution in [2.75, 3.05) is 23.3 Å². The fourth-order valence-electron chi connectivity index (χ4n) is 4.18. The number of aromatic nitrogens is 3. The van der Waals surface area contributed by atoms with Gasteiger partial charge in [0.25, 0.3) is 5.91 Å². The van der Waals surface area contributed by atoms with Gasteiger partial charge < -0.3 is 4.90 Å². The summed E-state index contributed by atoms with van der Waals surface area (Å²) in [5.41, 5.74) is 5.04. The second-order valence-corrected chi connectivity index (χ2v) is 9.39. The quantitative estimate of drug-likeness (QED) is 0.625. The number of thiazole rings is 1. The molecule has 0 saturated carbocycles. The van der Waals surface area contributed by atoms with Crippen molar-refractivity contribution in [3.05, 3.63) is 51.1 Å². The summed E-state index contributed by atoms with van der Waals surface area (Å²) in [5, 5.41) is 3.66. The van der Waals surface area contributed by atoms with Crippen molar-refractivity contribution >= 4 is 39.9 Å². The molecule has 8 heteroatoms. The standard InChI is InChI=1S/C22H22ClN5OS/c1-13-18(16-8-7-14-5-4-6-15(14)11-16)26-22(30-13)27-20(29)19-17(23)12-24-21(25-19)28-9-2-3-10-28/h7-8,11-12H,2-6,9-10H2,1H3,(H,26,27,29). The Labute approximate surface area is 184 Å². The number of rotatable bonds is 4. The second-order valence-electron chi connectivity index (χ2n) is 7.78. The van der Waals surface area contributed by atoms with Crippen LogP contribution in [0, 0.1) is 6.92 Å². The molecule has 30 heavy (non-hydrogen) atoms. The van der Waals surface area contributed by atoms with Crippen LogP contribution < -0.4 is 10.2 Å². The lowest BCUT2D eigenvalue weighted by molar-refractivity contribution is 0.102. The van der Waals surface area contributed by atoms with E-state index >= 15 is 0 Å². The molecule has 1 saturated heterocycles. The number of carbonyl (C=O) groups is 1. The van der Waals surface area contributed by atoms with Crippen molar-refractivity contribution < 1.29 is 4.79 Å². The molecule has 0 bridgehead atoms. The van der Waals surface area contributed by atoms with E-state index in [0.717, 1.165) is 54.9 Å². The van der Waals surface area contributed by atoms with Crippen LogP contribution in [0.3, 0.4) is 0 Å². The van der Waals surface area contributed by atoms with E-state index in [4.69, 9.17) is 16.6 Å². The van der Waals surface area contributed by atoms with Gasteiger partial charge in [-0.2, -0.15) is 0 Å². The maximum absolute atomic E-state index is 12.9. The first-order chi connectivity index (χ1) is 14.6. The SMILES string of the molecule is Cc1sc(NC(=O)c2nc(N3CCCC3)ncc2Cl)nc1-c1ccc2c(c1)CCC2. The normalized spacial score (nSPS) is 15.5. The minimum absolute atomic E-state index is 0.181. The van der Waals surface area contributed by atoms with Crippen LogP contribution >= 0.6 is 22.9 Å². The molecule has 5 rings (SSSR count). The molecule has 0 unspecified atom stereocenters. The highest BCUT2D eigenvalue weighted by molar-refractivity contribution is 7.16. The van der Waals surface area contributed by atoms with Crippen molar-refractivity contribution in [1.82, 2.24) is 15.0 Å². The third-order valence-electron chi connectivity index (χ3n) is 5.72. The van der Waals surface area contributed by atoms with Crippen LogP contribution in [0.2, 0.25) is 5.02 Å². The van der Waals surface area contributed by atoms with Crippen molar-refractivity contribution in [3.63, 3.8) is 0 Å². The molecular formula is C22H22ClN5OS. The molecule has 3 aromatic rings. The summed E-state index contributed by atoms with van der Waals surface area (Å²) in [7, 11) is 0. The predicted octanol–water partition coefficient (Wildman–Crippen LogP) is 4.90. The molecule has 1 amide bonds. The third kappa shape index (κ3) is 3.68. The van der Waals surface area contributed by atoms with Crippen LogP contribution in [0.25, 0.3) is 11.3 Å². The van der Waals surface area contributed by atoms with Gasteiger partial charge in [0.2, 0.25) is 5.95 Å². The fourth-order valence-corrected chi connectivity index (χ4v) is 5.19. The Kier molecular flexibility index (Phi) is 5.16. The van der Waals surface area contributed by atoms with E-state index in [1.807, 2.05) is 6.92 Å². The smallest absolute Gasteiger partial charge is 0.277 e. The first-order valence-corrected chi connectivity index (χ1v) is 11.5. The summed E-state index contributed by atoms with van der Waals surface area (Å²) in [4.78, 5) is 29.4. The zero-order chi connectivity index (χ0) is 20.7. The Bertz CT molecular complexity index is 1120. The molecule has 2 aliphatic rings. The summed E-state index contributed by atoms with van der Waals surface area (Å²) in [6, 6.07) is 6.57. The number of carbonyl (C=O) groups excluding carboxylic acids is 1. The Morgan fingerprint density at radius 1 is 1.13 bits per heavy atom. The van der Waals surface area contributed by atoms with Gasteiger partial charge in [-0.25, -0.2) is 15.0 Å². The highest BCUT2D eigenvalue weighted by Gasteiger charge is 2.21. The first-order valence-electron chi connectivity index (χ1n) is 10.3. The first kappa shape index (κ1) is 19.5. The minimum Gasteiger partial charge on any atom is -0.341 e. The number of amides is 1. The Hall–Kier alpha value is -2.51. The topological polar surface area (TPSA) is 71.0 Å². The highest BCUT2D eigenvalue weighted by atomic mass is 35.5. The largest absolute Gasteiger partial charge is 0.341 e. The van der Waals surface area contributed by atoms with Gasteiger partial charge in [0.05, 0.1) is 16.9 Å². The summed E-state index contributed by atoms with van der Waals surface area (Å²) in [5.74, 6) is 0.188. The zero-order valence-corrected chi connectivity index (χ0v) is 18.3. The number of benzene rings is 1. The predicted molar refractivity (Wildman–Crippen MR) is 121 cm³/mol. The Morgan fingerprint density at radius 2 is 1.93 bits per heavy atom. The molecular weight excluding hydrogens is 418 g/mol. The Balaban J connectivity index is 1.38. The van der Waals surface area contributed by atoms with Gasteiger partial charge in [-0.05, 0) is 56.2 Å². The number of fused-ring (bicyclic) bond motifs is 1. The summed E-state index contributed by atoms with van der Waals surface area (Å²) in [6.07, 6.45) is 7.22. The number of halogens is 1. The average Bonchev–Trinajstić information content (AvgIpc) is 3.48. The lowest BCUT2D eigenvalue weighted by atomic mass is 10.0. The average molecular weight is 440 g/mol. The summed E-state index contributed by atoms with van der Waals surface area (Å²) in [6.45, 7) is 3.83. The second kappa shape index (κ2) is 7.96. The molecule has 0 atom stereocenters. The van der Waals surface area contributed by atoms with E-state index < -0.39 is 0 Å². The number of nitrogens with one attached hydrogen (secondary N) is 1. The van der Waals surface area contributed by atoms with Crippen LogP contribution in [0.4, 0.5) is 11.1 Å². The van der Waals surface area contributed by atoms with Crippen LogP contribution in [-0.4, -0.2) is 33.9 Å². The van der Waals surface area contributed by atoms with E-state index in [0.29, 0.717) is 11.1 Å². The van der Waals surface area contributed by atoms with Gasteiger partial charge in [-0.15, -0.1) is 11.3 Å². The number of nitrogens with zero attached hydrogens (tertiary/aromatic N) is 4. The molecule has 0 radical (unpaired) electrons. The van der Waals surface area contributed by atoms with Crippen molar-refractivity contribution in [2.24, 2.45) is 0 Å². The maximum atomic E-state index is 12.9. The molecule has 3 heterocycles. The minimum atomic E-state index is -0.364. The van der Waals surface area contributed by atoms with Gasteiger partial charge in [-0.3, -0.25) is 10.1 Å². The molecule has 6 nitrogen and oxygen atoms in total. The highest BCUT2D eigenvalue weighted by Crippen LogP contribution is 2.33. The zero-order valence-electron chi connectivity index (χ0n) is 16.7. The lowest BCUT2D eigenvalue weighted by Crippen LogP contribution is -2.23. The molecule has 1 fully saturated rings. The van der Waals surface area contributed by atoms with Gasteiger partial charge in [-0.1, -0.05) is 23.7 Å². The molecule has 154 valence electrons. The molecule has 1 aromatic carbocycles. The molecule has 1 aliphatic heterocycles. The number of hydrogen-bond acceptors (Lipinski definition) is 6. The van der Waals surface area contributed by atoms with Gasteiger partial charge in [0.1, 0.15) is 0 Å². The molecule has 1 N–H and O–H groups in total. The van der Waals surface area contributed by atoms with E-state index in [1.165, 1.54) is 35.1 Å². The van der Waals surface area contributed by atoms with Gasteiger partial charge >= 0.3 is 0 Å². The van der Waals surface area contributed by atoms with Crippen LogP contribution in [-0.2, 0) is 12.8 Å². The van der Waals surface area contributed by atoms with Gasteiger partial charge in [0.15, 0.2) is 10.8 Å².